The topological polar surface area (TPSA) is 52.0 Å². The van der Waals surface area contributed by atoms with Gasteiger partial charge in [-0.25, -0.2) is 13.2 Å². The van der Waals surface area contributed by atoms with Crippen molar-refractivity contribution < 1.29 is 17.7 Å². The molecule has 0 spiro atoms. The van der Waals surface area contributed by atoms with Gasteiger partial charge in [0, 0.05) is 11.1 Å². The molecule has 0 saturated carbocycles. The molecular weight excluding hydrogens is 245 g/mol. The maximum absolute atomic E-state index is 13.2. The van der Waals surface area contributed by atoms with Crippen LogP contribution in [0.1, 0.15) is 25.3 Å². The highest BCUT2D eigenvalue weighted by Crippen LogP contribution is 2.33. The molecule has 96 valence electrons. The van der Waals surface area contributed by atoms with Crippen molar-refractivity contribution in [1.82, 2.24) is 5.16 Å². The normalized spacial score (nSPS) is 11.2. The molecule has 0 aliphatic carbocycles. The van der Waals surface area contributed by atoms with E-state index in [1.807, 2.05) is 13.8 Å². The van der Waals surface area contributed by atoms with Crippen LogP contribution in [0.5, 0.6) is 0 Å². The second-order valence-corrected chi connectivity index (χ2v) is 4.22. The number of nitrogen functional groups attached to an aromatic ring is 1. The summed E-state index contributed by atoms with van der Waals surface area (Å²) < 4.78 is 44.0. The third-order valence-electron chi connectivity index (χ3n) is 2.59. The zero-order chi connectivity index (χ0) is 13.4. The molecule has 0 fully saturated rings. The molecule has 18 heavy (non-hydrogen) atoms. The molecule has 1 aromatic carbocycles. The van der Waals surface area contributed by atoms with E-state index in [0.29, 0.717) is 5.56 Å². The van der Waals surface area contributed by atoms with Crippen LogP contribution in [0.3, 0.4) is 0 Å². The van der Waals surface area contributed by atoms with Crippen molar-refractivity contribution in [3.63, 3.8) is 0 Å². The Bertz CT molecular complexity index is 570. The van der Waals surface area contributed by atoms with Crippen LogP contribution >= 0.6 is 0 Å². The summed E-state index contributed by atoms with van der Waals surface area (Å²) in [6.45, 7) is 3.67. The largest absolute Gasteiger partial charge is 0.367 e. The van der Waals surface area contributed by atoms with Crippen molar-refractivity contribution >= 4 is 5.88 Å². The van der Waals surface area contributed by atoms with E-state index in [0.717, 1.165) is 12.1 Å². The summed E-state index contributed by atoms with van der Waals surface area (Å²) in [6, 6.07) is 1.73. The van der Waals surface area contributed by atoms with Gasteiger partial charge in [-0.15, -0.1) is 0 Å². The maximum atomic E-state index is 13.2. The van der Waals surface area contributed by atoms with Crippen LogP contribution in [0.4, 0.5) is 19.1 Å². The van der Waals surface area contributed by atoms with E-state index in [1.165, 1.54) is 0 Å². The molecule has 2 N–H and O–H groups in total. The second kappa shape index (κ2) is 4.36. The van der Waals surface area contributed by atoms with E-state index in [4.69, 9.17) is 10.3 Å². The summed E-state index contributed by atoms with van der Waals surface area (Å²) in [7, 11) is 0. The number of nitrogens with zero attached hydrogens (tertiary/aromatic N) is 1. The number of rotatable bonds is 2. The molecule has 6 heteroatoms. The first-order valence-corrected chi connectivity index (χ1v) is 5.31. The van der Waals surface area contributed by atoms with Crippen molar-refractivity contribution in [2.45, 2.75) is 19.8 Å². The number of anilines is 1. The van der Waals surface area contributed by atoms with Crippen LogP contribution in [-0.4, -0.2) is 5.16 Å². The molecule has 0 bridgehead atoms. The molecule has 0 atom stereocenters. The fourth-order valence-electron chi connectivity index (χ4n) is 1.77. The number of nitrogens with two attached hydrogens (primary N) is 1. The quantitative estimate of drug-likeness (QED) is 0.837. The first-order valence-electron chi connectivity index (χ1n) is 5.31. The van der Waals surface area contributed by atoms with Crippen molar-refractivity contribution in [2.75, 3.05) is 5.73 Å². The van der Waals surface area contributed by atoms with E-state index in [1.54, 1.807) is 0 Å². The lowest BCUT2D eigenvalue weighted by atomic mass is 9.98. The van der Waals surface area contributed by atoms with Crippen LogP contribution in [0.2, 0.25) is 0 Å². The Kier molecular flexibility index (Phi) is 3.02. The molecule has 3 nitrogen and oxygen atoms in total. The molecule has 0 unspecified atom stereocenters. The fraction of sp³-hybridized carbons (Fsp3) is 0.250. The summed E-state index contributed by atoms with van der Waals surface area (Å²) in [6.07, 6.45) is 0. The second-order valence-electron chi connectivity index (χ2n) is 4.22. The average molecular weight is 256 g/mol. The first-order chi connectivity index (χ1) is 8.41. The highest BCUT2D eigenvalue weighted by atomic mass is 19.2. The highest BCUT2D eigenvalue weighted by molar-refractivity contribution is 5.68. The van der Waals surface area contributed by atoms with Gasteiger partial charge in [-0.2, -0.15) is 0 Å². The van der Waals surface area contributed by atoms with Gasteiger partial charge in [0.1, 0.15) is 5.69 Å². The van der Waals surface area contributed by atoms with E-state index in [2.05, 4.69) is 5.16 Å². The molecule has 2 aromatic rings. The zero-order valence-electron chi connectivity index (χ0n) is 9.80. The average Bonchev–Trinajstić information content (AvgIpc) is 2.67. The monoisotopic (exact) mass is 256 g/mol. The number of benzene rings is 1. The molecule has 0 amide bonds. The molecule has 1 heterocycles. The predicted molar refractivity (Wildman–Crippen MR) is 60.3 cm³/mol. The van der Waals surface area contributed by atoms with Crippen LogP contribution in [0, 0.1) is 17.5 Å². The van der Waals surface area contributed by atoms with Crippen LogP contribution in [0.15, 0.2) is 16.7 Å². The number of hydrogen-bond donors (Lipinski definition) is 1. The van der Waals surface area contributed by atoms with E-state index in [9.17, 15) is 13.2 Å². The summed E-state index contributed by atoms with van der Waals surface area (Å²) in [5, 5.41) is 3.66. The lowest BCUT2D eigenvalue weighted by Gasteiger charge is -2.06. The summed E-state index contributed by atoms with van der Waals surface area (Å²) in [5.74, 6) is -4.02. The Balaban J connectivity index is 2.63. The Hall–Kier alpha value is -1.98. The van der Waals surface area contributed by atoms with Gasteiger partial charge in [-0.05, 0) is 18.1 Å². The lowest BCUT2D eigenvalue weighted by molar-refractivity contribution is 0.436. The van der Waals surface area contributed by atoms with Gasteiger partial charge in [0.05, 0.1) is 0 Å². The smallest absolute Gasteiger partial charge is 0.226 e. The Morgan fingerprint density at radius 3 is 2.22 bits per heavy atom. The first kappa shape index (κ1) is 12.5. The molecule has 1 aromatic heterocycles. The van der Waals surface area contributed by atoms with Crippen LogP contribution in [-0.2, 0) is 0 Å². The standard InChI is InChI=1S/C12H11F3N2O/c1-5(2)9-11(17-18-12(9)16)6-3-7(13)10(15)8(14)4-6/h3-5H,16H2,1-2H3. The Labute approximate surface area is 101 Å². The number of hydrogen-bond acceptors (Lipinski definition) is 3. The molecule has 0 saturated heterocycles. The summed E-state index contributed by atoms with van der Waals surface area (Å²) in [5.41, 5.74) is 6.45. The fourth-order valence-corrected chi connectivity index (χ4v) is 1.77. The zero-order valence-corrected chi connectivity index (χ0v) is 9.80. The summed E-state index contributed by atoms with van der Waals surface area (Å²) >= 11 is 0. The Morgan fingerprint density at radius 2 is 1.72 bits per heavy atom. The molecular formula is C12H11F3N2O. The highest BCUT2D eigenvalue weighted by Gasteiger charge is 2.21. The molecule has 0 aliphatic heterocycles. The summed E-state index contributed by atoms with van der Waals surface area (Å²) in [4.78, 5) is 0. The number of halogens is 3. The van der Waals surface area contributed by atoms with Crippen molar-refractivity contribution in [1.29, 1.82) is 0 Å². The van der Waals surface area contributed by atoms with Crippen molar-refractivity contribution in [2.24, 2.45) is 0 Å². The van der Waals surface area contributed by atoms with Crippen molar-refractivity contribution in [3.05, 3.63) is 35.1 Å². The lowest BCUT2D eigenvalue weighted by Crippen LogP contribution is -1.97. The van der Waals surface area contributed by atoms with Gasteiger partial charge >= 0.3 is 0 Å². The molecule has 2 rings (SSSR count). The van der Waals surface area contributed by atoms with E-state index in [-0.39, 0.29) is 23.1 Å². The number of aromatic nitrogens is 1. The Morgan fingerprint density at radius 1 is 1.17 bits per heavy atom. The minimum Gasteiger partial charge on any atom is -0.367 e. The third kappa shape index (κ3) is 1.94. The SMILES string of the molecule is CC(C)c1c(-c2cc(F)c(F)c(F)c2)noc1N. The van der Waals surface area contributed by atoms with Crippen LogP contribution in [0.25, 0.3) is 11.3 Å². The van der Waals surface area contributed by atoms with Crippen LogP contribution < -0.4 is 5.73 Å². The van der Waals surface area contributed by atoms with Crippen molar-refractivity contribution in [3.8, 4) is 11.3 Å². The van der Waals surface area contributed by atoms with Gasteiger partial charge in [-0.3, -0.25) is 0 Å². The van der Waals surface area contributed by atoms with E-state index >= 15 is 0 Å². The minimum atomic E-state index is -1.51. The van der Waals surface area contributed by atoms with E-state index < -0.39 is 17.5 Å². The van der Waals surface area contributed by atoms with Gasteiger partial charge in [0.2, 0.25) is 5.88 Å². The maximum Gasteiger partial charge on any atom is 0.226 e. The molecule has 0 aliphatic rings. The molecule has 0 radical (unpaired) electrons. The minimum absolute atomic E-state index is 0.0394. The van der Waals surface area contributed by atoms with Gasteiger partial charge in [0.25, 0.3) is 0 Å². The third-order valence-corrected chi connectivity index (χ3v) is 2.59. The van der Waals surface area contributed by atoms with Gasteiger partial charge < -0.3 is 10.3 Å². The van der Waals surface area contributed by atoms with Gasteiger partial charge in [0.15, 0.2) is 17.5 Å². The predicted octanol–water partition coefficient (Wildman–Crippen LogP) is 3.46. The van der Waals surface area contributed by atoms with Gasteiger partial charge in [-0.1, -0.05) is 19.0 Å².